The zero-order chi connectivity index (χ0) is 21.2. The van der Waals surface area contributed by atoms with Crippen molar-refractivity contribution in [3.8, 4) is 6.07 Å². The number of thiazole rings is 1. The number of carboxylic acid groups (broad SMARTS) is 1. The smallest absolute Gasteiger partial charge is 0.318 e. The zero-order valence-electron chi connectivity index (χ0n) is 14.9. The van der Waals surface area contributed by atoms with Crippen molar-refractivity contribution < 1.29 is 24.3 Å². The van der Waals surface area contributed by atoms with Crippen LogP contribution < -0.4 is 11.1 Å². The van der Waals surface area contributed by atoms with Gasteiger partial charge >= 0.3 is 5.97 Å². The van der Waals surface area contributed by atoms with Gasteiger partial charge in [0.05, 0.1) is 17.2 Å². The summed E-state index contributed by atoms with van der Waals surface area (Å²) in [4.78, 5) is 47.0. The number of thioether (sulfide) groups is 1. The Kier molecular flexibility index (Phi) is 5.76. The van der Waals surface area contributed by atoms with Crippen LogP contribution in [-0.2, 0) is 19.2 Å². The van der Waals surface area contributed by atoms with Crippen LogP contribution in [-0.4, -0.2) is 62.4 Å². The summed E-state index contributed by atoms with van der Waals surface area (Å²) in [6.45, 7) is 3.12. The van der Waals surface area contributed by atoms with Gasteiger partial charge in [0.25, 0.3) is 5.91 Å². The maximum Gasteiger partial charge on any atom is 0.318 e. The summed E-state index contributed by atoms with van der Waals surface area (Å²) < 4.78 is 0. The van der Waals surface area contributed by atoms with E-state index in [0.717, 1.165) is 23.1 Å². The standard InChI is InChI=1S/C16H16N6O5S2/c1-2-16(14(25)26)7-22-9(23)5-10(22)29-13(16)20-12(24)11(21-27-4-3-17)8-6-28-15(18)19-8/h2,6,10,13H,1,4-5,7H2,(H2,18,19)(H,20,24)(H,25,26)/t10-,13?,16?/m1/s1. The van der Waals surface area contributed by atoms with Crippen molar-refractivity contribution in [1.82, 2.24) is 15.2 Å². The van der Waals surface area contributed by atoms with E-state index in [1.807, 2.05) is 0 Å². The summed E-state index contributed by atoms with van der Waals surface area (Å²) >= 11 is 2.23. The topological polar surface area (TPSA) is 171 Å². The van der Waals surface area contributed by atoms with E-state index in [1.54, 1.807) is 6.07 Å². The summed E-state index contributed by atoms with van der Waals surface area (Å²) in [5.74, 6) is -2.12. The van der Waals surface area contributed by atoms with E-state index >= 15 is 0 Å². The molecule has 2 saturated heterocycles. The Morgan fingerprint density at radius 2 is 2.41 bits per heavy atom. The first kappa shape index (κ1) is 20.6. The molecule has 2 amide bonds. The molecule has 13 heteroatoms. The van der Waals surface area contributed by atoms with Gasteiger partial charge in [0, 0.05) is 11.9 Å². The lowest BCUT2D eigenvalue weighted by Gasteiger charge is -2.52. The minimum Gasteiger partial charge on any atom is -0.480 e. The fourth-order valence-electron chi connectivity index (χ4n) is 2.90. The molecule has 2 aliphatic rings. The van der Waals surface area contributed by atoms with E-state index in [2.05, 4.69) is 22.0 Å². The molecule has 2 fully saturated rings. The Morgan fingerprint density at radius 3 is 2.97 bits per heavy atom. The highest BCUT2D eigenvalue weighted by Gasteiger charge is 2.56. The summed E-state index contributed by atoms with van der Waals surface area (Å²) in [6, 6.07) is 1.72. The monoisotopic (exact) mass is 436 g/mol. The first-order valence-electron chi connectivity index (χ1n) is 8.23. The van der Waals surface area contributed by atoms with Crippen molar-refractivity contribution in [2.75, 3.05) is 18.9 Å². The average Bonchev–Trinajstić information content (AvgIpc) is 3.10. The normalized spacial score (nSPS) is 26.0. The molecular weight excluding hydrogens is 420 g/mol. The Balaban J connectivity index is 1.88. The number of carboxylic acids is 1. The van der Waals surface area contributed by atoms with E-state index in [0.29, 0.717) is 0 Å². The van der Waals surface area contributed by atoms with Crippen molar-refractivity contribution >= 4 is 51.7 Å². The van der Waals surface area contributed by atoms with Gasteiger partial charge in [-0.1, -0.05) is 11.2 Å². The van der Waals surface area contributed by atoms with Crippen LogP contribution in [0.25, 0.3) is 0 Å². The molecular formula is C16H16N6O5S2. The largest absolute Gasteiger partial charge is 0.480 e. The van der Waals surface area contributed by atoms with Crippen LogP contribution >= 0.6 is 23.1 Å². The maximum absolute atomic E-state index is 12.9. The summed E-state index contributed by atoms with van der Waals surface area (Å²) in [5.41, 5.74) is 3.90. The van der Waals surface area contributed by atoms with Crippen LogP contribution in [0.3, 0.4) is 0 Å². The number of nitrogens with zero attached hydrogens (tertiary/aromatic N) is 4. The minimum absolute atomic E-state index is 0.103. The summed E-state index contributed by atoms with van der Waals surface area (Å²) in [5, 5.41) is 25.3. The van der Waals surface area contributed by atoms with Crippen molar-refractivity contribution in [3.05, 3.63) is 23.7 Å². The van der Waals surface area contributed by atoms with E-state index in [-0.39, 0.29) is 47.4 Å². The van der Waals surface area contributed by atoms with Gasteiger partial charge in [0.15, 0.2) is 10.8 Å². The van der Waals surface area contributed by atoms with Crippen molar-refractivity contribution in [3.63, 3.8) is 0 Å². The SMILES string of the molecule is C=CC1(C(=O)O)CN2C(=O)C[C@H]2SC1NC(=O)C(=NOCC#N)c1csc(N)n1. The van der Waals surface area contributed by atoms with Crippen LogP contribution in [0.2, 0.25) is 0 Å². The number of oxime groups is 1. The lowest BCUT2D eigenvalue weighted by Crippen LogP contribution is -2.66. The lowest BCUT2D eigenvalue weighted by molar-refractivity contribution is -0.154. The van der Waals surface area contributed by atoms with Crippen LogP contribution in [0.15, 0.2) is 23.2 Å². The van der Waals surface area contributed by atoms with Gasteiger partial charge in [-0.25, -0.2) is 4.98 Å². The molecule has 29 heavy (non-hydrogen) atoms. The molecule has 3 heterocycles. The third kappa shape index (κ3) is 3.76. The molecule has 3 atom stereocenters. The van der Waals surface area contributed by atoms with Crippen LogP contribution in [0.4, 0.5) is 5.13 Å². The molecule has 3 rings (SSSR count). The molecule has 1 aromatic rings. The predicted molar refractivity (Wildman–Crippen MR) is 105 cm³/mol. The van der Waals surface area contributed by atoms with Gasteiger partial charge in [0.2, 0.25) is 12.5 Å². The second kappa shape index (κ2) is 8.10. The number of nitrogens with two attached hydrogens (primary N) is 1. The number of hydrogen-bond acceptors (Lipinski definition) is 10. The number of β-lactam (4-membered cyclic amide) rings is 1. The molecule has 0 aromatic carbocycles. The number of aromatic nitrogens is 1. The Hall–Kier alpha value is -3.11. The number of fused-ring (bicyclic) bond motifs is 1. The third-order valence-electron chi connectivity index (χ3n) is 4.50. The first-order chi connectivity index (χ1) is 13.8. The predicted octanol–water partition coefficient (Wildman–Crippen LogP) is -0.0259. The Morgan fingerprint density at radius 1 is 1.66 bits per heavy atom. The molecule has 11 nitrogen and oxygen atoms in total. The third-order valence-corrected chi connectivity index (χ3v) is 6.72. The lowest BCUT2D eigenvalue weighted by atomic mass is 9.85. The van der Waals surface area contributed by atoms with E-state index in [9.17, 15) is 19.5 Å². The highest BCUT2D eigenvalue weighted by molar-refractivity contribution is 8.00. The number of nitrogens with one attached hydrogen (secondary N) is 1. The number of carbonyl (C=O) groups is 3. The molecule has 1 aromatic heterocycles. The van der Waals surface area contributed by atoms with Gasteiger partial charge in [-0.15, -0.1) is 29.7 Å². The van der Waals surface area contributed by atoms with Gasteiger partial charge in [0.1, 0.15) is 17.2 Å². The quantitative estimate of drug-likeness (QED) is 0.174. The van der Waals surface area contributed by atoms with Crippen molar-refractivity contribution in [1.29, 1.82) is 5.26 Å². The molecule has 0 spiro atoms. The second-order valence-electron chi connectivity index (χ2n) is 6.16. The average molecular weight is 436 g/mol. The van der Waals surface area contributed by atoms with Gasteiger partial charge in [-0.2, -0.15) is 5.26 Å². The van der Waals surface area contributed by atoms with Crippen LogP contribution in [0.1, 0.15) is 12.1 Å². The molecule has 2 aliphatic heterocycles. The number of amides is 2. The second-order valence-corrected chi connectivity index (χ2v) is 8.34. The highest BCUT2D eigenvalue weighted by Crippen LogP contribution is 2.46. The molecule has 152 valence electrons. The van der Waals surface area contributed by atoms with E-state index in [1.165, 1.54) is 16.4 Å². The number of rotatable bonds is 7. The number of aliphatic carboxylic acids is 1. The Bertz CT molecular complexity index is 940. The number of carbonyl (C=O) groups excluding carboxylic acids is 2. The first-order valence-corrected chi connectivity index (χ1v) is 10.1. The Labute approximate surface area is 173 Å². The molecule has 0 radical (unpaired) electrons. The molecule has 2 unspecified atom stereocenters. The van der Waals surface area contributed by atoms with Crippen molar-refractivity contribution in [2.24, 2.45) is 10.6 Å². The number of nitrogen functional groups attached to an aromatic ring is 1. The van der Waals surface area contributed by atoms with Gasteiger partial charge in [-0.3, -0.25) is 14.4 Å². The van der Waals surface area contributed by atoms with Crippen molar-refractivity contribution in [2.45, 2.75) is 17.2 Å². The zero-order valence-corrected chi connectivity index (χ0v) is 16.5. The highest BCUT2D eigenvalue weighted by atomic mass is 32.2. The number of hydrogen-bond donors (Lipinski definition) is 3. The number of nitriles is 1. The number of anilines is 1. The van der Waals surface area contributed by atoms with E-state index < -0.39 is 22.7 Å². The summed E-state index contributed by atoms with van der Waals surface area (Å²) in [6.07, 6.45) is 1.48. The fraction of sp³-hybridized carbons (Fsp3) is 0.375. The van der Waals surface area contributed by atoms with Crippen LogP contribution in [0.5, 0.6) is 0 Å². The maximum atomic E-state index is 12.9. The summed E-state index contributed by atoms with van der Waals surface area (Å²) in [7, 11) is 0. The van der Waals surface area contributed by atoms with E-state index in [4.69, 9.17) is 15.8 Å². The molecule has 0 bridgehead atoms. The molecule has 4 N–H and O–H groups in total. The molecule has 0 aliphatic carbocycles. The van der Waals surface area contributed by atoms with Crippen LogP contribution in [0, 0.1) is 16.7 Å². The fourth-order valence-corrected chi connectivity index (χ4v) is 5.02. The minimum atomic E-state index is -1.59. The van der Waals surface area contributed by atoms with Gasteiger partial charge < -0.3 is 25.9 Å². The molecule has 0 saturated carbocycles. The van der Waals surface area contributed by atoms with Gasteiger partial charge in [-0.05, 0) is 0 Å².